The number of piperazine rings is 1. The quantitative estimate of drug-likeness (QED) is 0.924. The molecule has 2 aromatic rings. The minimum Gasteiger partial charge on any atom is -0.337 e. The summed E-state index contributed by atoms with van der Waals surface area (Å²) in [6, 6.07) is 6.73. The van der Waals surface area contributed by atoms with Gasteiger partial charge < -0.3 is 4.90 Å². The van der Waals surface area contributed by atoms with E-state index in [0.717, 1.165) is 50.1 Å². The highest BCUT2D eigenvalue weighted by Gasteiger charge is 2.19. The van der Waals surface area contributed by atoms with Crippen LogP contribution in [0.4, 0.5) is 10.3 Å². The van der Waals surface area contributed by atoms with Gasteiger partial charge in [-0.25, -0.2) is 4.39 Å². The van der Waals surface area contributed by atoms with Crippen LogP contribution in [0, 0.1) is 12.7 Å². The lowest BCUT2D eigenvalue weighted by atomic mass is 10.2. The molecular weight excluding hydrogens is 257 g/mol. The number of rotatable bonds is 3. The predicted molar refractivity (Wildman–Crippen MR) is 75.0 cm³/mol. The van der Waals surface area contributed by atoms with E-state index in [9.17, 15) is 4.39 Å². The molecule has 0 amide bonds. The first-order valence-electron chi connectivity index (χ1n) is 6.81. The van der Waals surface area contributed by atoms with Gasteiger partial charge in [0.25, 0.3) is 0 Å². The number of benzene rings is 1. The Bertz CT molecular complexity index is 557. The number of aryl methyl sites for hydroxylation is 1. The predicted octanol–water partition coefficient (Wildman–Crippen LogP) is 1.57. The molecule has 0 saturated carbocycles. The lowest BCUT2D eigenvalue weighted by Crippen LogP contribution is -2.46. The molecule has 1 N–H and O–H groups in total. The molecule has 0 radical (unpaired) electrons. The van der Waals surface area contributed by atoms with Crippen molar-refractivity contribution in [3.05, 3.63) is 41.5 Å². The van der Waals surface area contributed by atoms with Crippen LogP contribution in [-0.2, 0) is 6.54 Å². The second-order valence-electron chi connectivity index (χ2n) is 5.11. The third-order valence-electron chi connectivity index (χ3n) is 3.56. The fraction of sp³-hybridized carbons (Fsp3) is 0.429. The van der Waals surface area contributed by atoms with Crippen LogP contribution in [0.5, 0.6) is 0 Å². The SMILES string of the molecule is Cc1nc(N2CCN(Cc3ccc(F)cc3)CC2)n[nH]1. The van der Waals surface area contributed by atoms with Crippen molar-refractivity contribution in [2.45, 2.75) is 13.5 Å². The number of anilines is 1. The summed E-state index contributed by atoms with van der Waals surface area (Å²) in [6.45, 7) is 6.52. The van der Waals surface area contributed by atoms with E-state index in [1.54, 1.807) is 0 Å². The summed E-state index contributed by atoms with van der Waals surface area (Å²) < 4.78 is 12.9. The Morgan fingerprint density at radius 1 is 1.15 bits per heavy atom. The summed E-state index contributed by atoms with van der Waals surface area (Å²) in [5.41, 5.74) is 1.15. The van der Waals surface area contributed by atoms with E-state index >= 15 is 0 Å². The zero-order valence-electron chi connectivity index (χ0n) is 11.5. The minimum absolute atomic E-state index is 0.182. The molecule has 1 fully saturated rings. The Labute approximate surface area is 117 Å². The van der Waals surface area contributed by atoms with Crippen LogP contribution in [0.15, 0.2) is 24.3 Å². The number of hydrogen-bond donors (Lipinski definition) is 1. The van der Waals surface area contributed by atoms with Crippen molar-refractivity contribution in [3.8, 4) is 0 Å². The molecule has 106 valence electrons. The molecule has 5 nitrogen and oxygen atoms in total. The largest absolute Gasteiger partial charge is 0.337 e. The molecule has 1 aliphatic heterocycles. The monoisotopic (exact) mass is 275 g/mol. The summed E-state index contributed by atoms with van der Waals surface area (Å²) in [4.78, 5) is 8.90. The van der Waals surface area contributed by atoms with E-state index in [2.05, 4.69) is 25.0 Å². The second kappa shape index (κ2) is 5.58. The smallest absolute Gasteiger partial charge is 0.244 e. The Morgan fingerprint density at radius 3 is 2.45 bits per heavy atom. The summed E-state index contributed by atoms with van der Waals surface area (Å²) in [5.74, 6) is 1.44. The molecule has 0 spiro atoms. The normalized spacial score (nSPS) is 16.6. The summed E-state index contributed by atoms with van der Waals surface area (Å²) in [7, 11) is 0. The number of hydrogen-bond acceptors (Lipinski definition) is 4. The van der Waals surface area contributed by atoms with Gasteiger partial charge in [-0.05, 0) is 24.6 Å². The van der Waals surface area contributed by atoms with Gasteiger partial charge in [0, 0.05) is 32.7 Å². The molecule has 1 aliphatic rings. The number of aromatic nitrogens is 3. The second-order valence-corrected chi connectivity index (χ2v) is 5.11. The van der Waals surface area contributed by atoms with E-state index in [1.807, 2.05) is 19.1 Å². The van der Waals surface area contributed by atoms with Crippen molar-refractivity contribution >= 4 is 5.95 Å². The first-order chi connectivity index (χ1) is 9.70. The van der Waals surface area contributed by atoms with Gasteiger partial charge in [-0.2, -0.15) is 4.98 Å². The van der Waals surface area contributed by atoms with Crippen molar-refractivity contribution in [2.24, 2.45) is 0 Å². The molecule has 1 aromatic heterocycles. The highest BCUT2D eigenvalue weighted by molar-refractivity contribution is 5.29. The first kappa shape index (κ1) is 13.1. The van der Waals surface area contributed by atoms with Gasteiger partial charge in [0.2, 0.25) is 5.95 Å². The van der Waals surface area contributed by atoms with Crippen molar-refractivity contribution in [2.75, 3.05) is 31.1 Å². The molecule has 3 rings (SSSR count). The van der Waals surface area contributed by atoms with Gasteiger partial charge in [0.05, 0.1) is 0 Å². The molecule has 1 aromatic carbocycles. The molecule has 0 aliphatic carbocycles. The maximum atomic E-state index is 12.9. The highest BCUT2D eigenvalue weighted by Crippen LogP contribution is 2.13. The zero-order chi connectivity index (χ0) is 13.9. The van der Waals surface area contributed by atoms with Gasteiger partial charge in [0.1, 0.15) is 11.6 Å². The molecule has 20 heavy (non-hydrogen) atoms. The number of nitrogens with zero attached hydrogens (tertiary/aromatic N) is 4. The number of H-pyrrole nitrogens is 1. The molecule has 2 heterocycles. The lowest BCUT2D eigenvalue weighted by molar-refractivity contribution is 0.248. The van der Waals surface area contributed by atoms with Crippen LogP contribution >= 0.6 is 0 Å². The first-order valence-corrected chi connectivity index (χ1v) is 6.81. The van der Waals surface area contributed by atoms with E-state index in [1.165, 1.54) is 12.1 Å². The van der Waals surface area contributed by atoms with Crippen LogP contribution in [0.25, 0.3) is 0 Å². The van der Waals surface area contributed by atoms with Gasteiger partial charge in [0.15, 0.2) is 0 Å². The van der Waals surface area contributed by atoms with Crippen molar-refractivity contribution < 1.29 is 4.39 Å². The maximum absolute atomic E-state index is 12.9. The third kappa shape index (κ3) is 2.96. The van der Waals surface area contributed by atoms with Crippen LogP contribution in [-0.4, -0.2) is 46.3 Å². The van der Waals surface area contributed by atoms with Crippen LogP contribution in [0.1, 0.15) is 11.4 Å². The number of halogens is 1. The van der Waals surface area contributed by atoms with Crippen molar-refractivity contribution in [1.82, 2.24) is 20.1 Å². The topological polar surface area (TPSA) is 48.1 Å². The Kier molecular flexibility index (Phi) is 3.64. The van der Waals surface area contributed by atoms with Crippen LogP contribution < -0.4 is 4.90 Å². The third-order valence-corrected chi connectivity index (χ3v) is 3.56. The highest BCUT2D eigenvalue weighted by atomic mass is 19.1. The lowest BCUT2D eigenvalue weighted by Gasteiger charge is -2.34. The summed E-state index contributed by atoms with van der Waals surface area (Å²) in [6.07, 6.45) is 0. The van der Waals surface area contributed by atoms with Gasteiger partial charge in [-0.1, -0.05) is 12.1 Å². The molecule has 0 atom stereocenters. The van der Waals surface area contributed by atoms with Crippen molar-refractivity contribution in [3.63, 3.8) is 0 Å². The Hall–Kier alpha value is -1.95. The number of nitrogens with one attached hydrogen (secondary N) is 1. The van der Waals surface area contributed by atoms with Crippen molar-refractivity contribution in [1.29, 1.82) is 0 Å². The molecular formula is C14H18FN5. The Morgan fingerprint density at radius 2 is 1.85 bits per heavy atom. The Balaban J connectivity index is 1.54. The van der Waals surface area contributed by atoms with Gasteiger partial charge in [-0.3, -0.25) is 10.00 Å². The fourth-order valence-corrected chi connectivity index (χ4v) is 2.43. The molecule has 1 saturated heterocycles. The molecule has 0 bridgehead atoms. The summed E-state index contributed by atoms with van der Waals surface area (Å²) in [5, 5.41) is 7.06. The minimum atomic E-state index is -0.182. The van der Waals surface area contributed by atoms with E-state index in [-0.39, 0.29) is 5.82 Å². The van der Waals surface area contributed by atoms with E-state index in [0.29, 0.717) is 0 Å². The fourth-order valence-electron chi connectivity index (χ4n) is 2.43. The standard InChI is InChI=1S/C14H18FN5/c1-11-16-14(18-17-11)20-8-6-19(7-9-20)10-12-2-4-13(15)5-3-12/h2-5H,6-10H2,1H3,(H,16,17,18). The molecule has 6 heteroatoms. The van der Waals surface area contributed by atoms with Crippen LogP contribution in [0.3, 0.4) is 0 Å². The average molecular weight is 275 g/mol. The molecule has 0 unspecified atom stereocenters. The summed E-state index contributed by atoms with van der Waals surface area (Å²) >= 11 is 0. The van der Waals surface area contributed by atoms with E-state index < -0.39 is 0 Å². The van der Waals surface area contributed by atoms with Gasteiger partial charge in [-0.15, -0.1) is 5.10 Å². The number of aromatic amines is 1. The van der Waals surface area contributed by atoms with E-state index in [4.69, 9.17) is 0 Å². The zero-order valence-corrected chi connectivity index (χ0v) is 11.5. The van der Waals surface area contributed by atoms with Crippen LogP contribution in [0.2, 0.25) is 0 Å². The maximum Gasteiger partial charge on any atom is 0.244 e. The average Bonchev–Trinajstić information content (AvgIpc) is 2.89. The van der Waals surface area contributed by atoms with Gasteiger partial charge >= 0.3 is 0 Å².